The van der Waals surface area contributed by atoms with E-state index in [0.717, 1.165) is 17.2 Å². The highest BCUT2D eigenvalue weighted by Crippen LogP contribution is 2.19. The molecule has 0 aliphatic rings. The van der Waals surface area contributed by atoms with Crippen LogP contribution in [0.1, 0.15) is 11.1 Å². The molecule has 5 nitrogen and oxygen atoms in total. The number of amides is 1. The van der Waals surface area contributed by atoms with Crippen molar-refractivity contribution < 1.29 is 23.5 Å². The number of anilines is 1. The number of nitrogens with one attached hydrogen (secondary N) is 1. The molecule has 25 heavy (non-hydrogen) atoms. The Morgan fingerprint density at radius 3 is 2.56 bits per heavy atom. The molecule has 1 N–H and O–H groups in total. The second-order valence-electron chi connectivity index (χ2n) is 5.39. The molecule has 1 amide bonds. The Kier molecular flexibility index (Phi) is 6.36. The molecule has 0 aliphatic carbocycles. The van der Waals surface area contributed by atoms with Crippen LogP contribution in [0.2, 0.25) is 5.02 Å². The molecule has 2 aromatic rings. The van der Waals surface area contributed by atoms with Crippen molar-refractivity contribution in [2.24, 2.45) is 0 Å². The van der Waals surface area contributed by atoms with Gasteiger partial charge in [-0.1, -0.05) is 29.3 Å². The SMILES string of the molecule is Cc1ccc(OCC(=O)OCC(=O)Nc2ccc(Cl)cc2F)c(C)c1. The Hall–Kier alpha value is -2.60. The van der Waals surface area contributed by atoms with Gasteiger partial charge in [-0.25, -0.2) is 9.18 Å². The van der Waals surface area contributed by atoms with Crippen LogP contribution in [0, 0.1) is 19.7 Å². The number of rotatable bonds is 6. The second-order valence-corrected chi connectivity index (χ2v) is 5.83. The van der Waals surface area contributed by atoms with Crippen molar-refractivity contribution in [1.29, 1.82) is 0 Å². The van der Waals surface area contributed by atoms with Crippen LogP contribution in [-0.2, 0) is 14.3 Å². The first-order chi connectivity index (χ1) is 11.8. The van der Waals surface area contributed by atoms with Crippen molar-refractivity contribution >= 4 is 29.2 Å². The lowest BCUT2D eigenvalue weighted by molar-refractivity contribution is -0.149. The van der Waals surface area contributed by atoms with Crippen molar-refractivity contribution in [3.63, 3.8) is 0 Å². The number of aryl methyl sites for hydroxylation is 2. The van der Waals surface area contributed by atoms with E-state index in [1.807, 2.05) is 26.0 Å². The Morgan fingerprint density at radius 2 is 1.88 bits per heavy atom. The van der Waals surface area contributed by atoms with E-state index >= 15 is 0 Å². The van der Waals surface area contributed by atoms with Crippen LogP contribution < -0.4 is 10.1 Å². The van der Waals surface area contributed by atoms with E-state index in [4.69, 9.17) is 21.1 Å². The first-order valence-electron chi connectivity index (χ1n) is 7.45. The Bertz CT molecular complexity index is 795. The van der Waals surface area contributed by atoms with E-state index in [9.17, 15) is 14.0 Å². The third kappa shape index (κ3) is 5.76. The van der Waals surface area contributed by atoms with E-state index in [0.29, 0.717) is 5.75 Å². The predicted octanol–water partition coefficient (Wildman–Crippen LogP) is 3.66. The monoisotopic (exact) mass is 365 g/mol. The maximum atomic E-state index is 13.6. The summed E-state index contributed by atoms with van der Waals surface area (Å²) in [5, 5.41) is 2.50. The fourth-order valence-corrected chi connectivity index (χ4v) is 2.22. The third-order valence-electron chi connectivity index (χ3n) is 3.25. The van der Waals surface area contributed by atoms with Gasteiger partial charge in [0.1, 0.15) is 11.6 Å². The lowest BCUT2D eigenvalue weighted by Crippen LogP contribution is -2.24. The molecule has 132 valence electrons. The summed E-state index contributed by atoms with van der Waals surface area (Å²) in [6.07, 6.45) is 0. The second kappa shape index (κ2) is 8.48. The highest BCUT2D eigenvalue weighted by Gasteiger charge is 2.11. The molecule has 0 spiro atoms. The summed E-state index contributed by atoms with van der Waals surface area (Å²) >= 11 is 5.63. The van der Waals surface area contributed by atoms with Gasteiger partial charge in [0.25, 0.3) is 5.91 Å². The van der Waals surface area contributed by atoms with Crippen molar-refractivity contribution in [2.75, 3.05) is 18.5 Å². The maximum absolute atomic E-state index is 13.6. The molecule has 0 aromatic heterocycles. The van der Waals surface area contributed by atoms with Gasteiger partial charge in [-0.15, -0.1) is 0 Å². The van der Waals surface area contributed by atoms with Gasteiger partial charge < -0.3 is 14.8 Å². The number of carbonyl (C=O) groups excluding carboxylic acids is 2. The van der Waals surface area contributed by atoms with Gasteiger partial charge >= 0.3 is 5.97 Å². The first kappa shape index (κ1) is 18.7. The molecule has 0 saturated heterocycles. The minimum Gasteiger partial charge on any atom is -0.482 e. The van der Waals surface area contributed by atoms with Crippen LogP contribution in [0.15, 0.2) is 36.4 Å². The number of carbonyl (C=O) groups is 2. The lowest BCUT2D eigenvalue weighted by Gasteiger charge is -2.10. The van der Waals surface area contributed by atoms with Crippen molar-refractivity contribution in [3.8, 4) is 5.75 Å². The first-order valence-corrected chi connectivity index (χ1v) is 7.83. The van der Waals surface area contributed by atoms with Crippen LogP contribution in [-0.4, -0.2) is 25.1 Å². The van der Waals surface area contributed by atoms with Crippen molar-refractivity contribution in [3.05, 3.63) is 58.4 Å². The van der Waals surface area contributed by atoms with E-state index in [1.54, 1.807) is 6.07 Å². The van der Waals surface area contributed by atoms with Crippen LogP contribution in [0.25, 0.3) is 0 Å². The Morgan fingerprint density at radius 1 is 1.12 bits per heavy atom. The summed E-state index contributed by atoms with van der Waals surface area (Å²) in [4.78, 5) is 23.3. The molecular formula is C18H17ClFNO4. The van der Waals surface area contributed by atoms with Crippen LogP contribution >= 0.6 is 11.6 Å². The normalized spacial score (nSPS) is 10.2. The zero-order chi connectivity index (χ0) is 18.4. The van der Waals surface area contributed by atoms with E-state index < -0.39 is 24.3 Å². The average molecular weight is 366 g/mol. The van der Waals surface area contributed by atoms with Gasteiger partial charge in [-0.3, -0.25) is 4.79 Å². The number of ether oxygens (including phenoxy) is 2. The molecule has 2 rings (SSSR count). The average Bonchev–Trinajstić information content (AvgIpc) is 2.55. The molecule has 0 aliphatic heterocycles. The van der Waals surface area contributed by atoms with Gasteiger partial charge in [0.2, 0.25) is 0 Å². The summed E-state index contributed by atoms with van der Waals surface area (Å²) in [7, 11) is 0. The fraction of sp³-hybridized carbons (Fsp3) is 0.222. The quantitative estimate of drug-likeness (QED) is 0.793. The maximum Gasteiger partial charge on any atom is 0.344 e. The molecule has 7 heteroatoms. The smallest absolute Gasteiger partial charge is 0.344 e. The third-order valence-corrected chi connectivity index (χ3v) is 3.48. The summed E-state index contributed by atoms with van der Waals surface area (Å²) in [5.41, 5.74) is 1.93. The highest BCUT2D eigenvalue weighted by atomic mass is 35.5. The van der Waals surface area contributed by atoms with Gasteiger partial charge in [0.15, 0.2) is 13.2 Å². The summed E-state index contributed by atoms with van der Waals surface area (Å²) in [5.74, 6) is -1.48. The lowest BCUT2D eigenvalue weighted by atomic mass is 10.1. The van der Waals surface area contributed by atoms with Crippen molar-refractivity contribution in [2.45, 2.75) is 13.8 Å². The molecule has 0 radical (unpaired) electrons. The summed E-state index contributed by atoms with van der Waals surface area (Å²) < 4.78 is 23.7. The summed E-state index contributed by atoms with van der Waals surface area (Å²) in [6.45, 7) is 2.94. The van der Waals surface area contributed by atoms with Gasteiger partial charge in [0.05, 0.1) is 5.69 Å². The molecule has 0 bridgehead atoms. The standard InChI is InChI=1S/C18H17ClFNO4/c1-11-3-6-16(12(2)7-11)24-10-18(23)25-9-17(22)21-15-5-4-13(19)8-14(15)20/h3-8H,9-10H2,1-2H3,(H,21,22). The molecule has 0 unspecified atom stereocenters. The number of hydrogen-bond donors (Lipinski definition) is 1. The molecule has 0 heterocycles. The summed E-state index contributed by atoms with van der Waals surface area (Å²) in [6, 6.07) is 9.37. The molecule has 0 saturated carbocycles. The van der Waals surface area contributed by atoms with Crippen molar-refractivity contribution in [1.82, 2.24) is 0 Å². The number of halogens is 2. The van der Waals surface area contributed by atoms with Crippen LogP contribution in [0.3, 0.4) is 0 Å². The van der Waals surface area contributed by atoms with E-state index in [-0.39, 0.29) is 17.3 Å². The largest absolute Gasteiger partial charge is 0.482 e. The van der Waals surface area contributed by atoms with Gasteiger partial charge in [-0.05, 0) is 43.7 Å². The zero-order valence-corrected chi connectivity index (χ0v) is 14.5. The Labute approximate surface area is 149 Å². The van der Waals surface area contributed by atoms with E-state index in [1.165, 1.54) is 12.1 Å². The molecule has 0 fully saturated rings. The number of hydrogen-bond acceptors (Lipinski definition) is 4. The highest BCUT2D eigenvalue weighted by molar-refractivity contribution is 6.30. The minimum atomic E-state index is -0.702. The topological polar surface area (TPSA) is 64.6 Å². The molecular weight excluding hydrogens is 349 g/mol. The number of esters is 1. The minimum absolute atomic E-state index is 0.0445. The van der Waals surface area contributed by atoms with Crippen LogP contribution in [0.4, 0.5) is 10.1 Å². The molecule has 2 aromatic carbocycles. The molecule has 0 atom stereocenters. The van der Waals surface area contributed by atoms with Gasteiger partial charge in [-0.2, -0.15) is 0 Å². The predicted molar refractivity (Wildman–Crippen MR) is 92.4 cm³/mol. The van der Waals surface area contributed by atoms with Gasteiger partial charge in [0, 0.05) is 5.02 Å². The van der Waals surface area contributed by atoms with E-state index in [2.05, 4.69) is 5.32 Å². The fourth-order valence-electron chi connectivity index (χ4n) is 2.06. The number of benzene rings is 2. The zero-order valence-electron chi connectivity index (χ0n) is 13.8. The Balaban J connectivity index is 1.78. The van der Waals surface area contributed by atoms with Crippen LogP contribution in [0.5, 0.6) is 5.75 Å².